The molecule has 0 radical (unpaired) electrons. The second kappa shape index (κ2) is 4.46. The molecule has 1 aromatic rings. The molecule has 0 amide bonds. The third kappa shape index (κ3) is 2.47. The Labute approximate surface area is 91.8 Å². The van der Waals surface area contributed by atoms with Gasteiger partial charge in [0.15, 0.2) is 0 Å². The molecule has 0 aliphatic heterocycles. The van der Waals surface area contributed by atoms with Crippen LogP contribution in [0.15, 0.2) is 10.7 Å². The Kier molecular flexibility index (Phi) is 3.79. The Bertz CT molecular complexity index is 315. The Morgan fingerprint density at radius 2 is 2.15 bits per heavy atom. The van der Waals surface area contributed by atoms with E-state index in [1.807, 2.05) is 6.92 Å². The van der Waals surface area contributed by atoms with Crippen molar-refractivity contribution < 1.29 is 8.78 Å². The number of nitrogens with zero attached hydrogens (tertiary/aromatic N) is 1. The smallest absolute Gasteiger partial charge is 0.239 e. The summed E-state index contributed by atoms with van der Waals surface area (Å²) in [6, 6.07) is 1.70. The molecule has 1 heterocycles. The van der Waals surface area contributed by atoms with Gasteiger partial charge in [0.05, 0.1) is 0 Å². The summed E-state index contributed by atoms with van der Waals surface area (Å²) in [5.41, 5.74) is 1.24. The van der Waals surface area contributed by atoms with Gasteiger partial charge in [0, 0.05) is 5.33 Å². The van der Waals surface area contributed by atoms with E-state index in [0.717, 1.165) is 5.56 Å². The molecule has 1 aromatic heterocycles. The van der Waals surface area contributed by atoms with Crippen molar-refractivity contribution in [1.29, 1.82) is 0 Å². The van der Waals surface area contributed by atoms with E-state index in [-0.39, 0.29) is 5.69 Å². The van der Waals surface area contributed by atoms with Crippen LogP contribution < -0.4 is 0 Å². The van der Waals surface area contributed by atoms with E-state index in [4.69, 9.17) is 0 Å². The zero-order chi connectivity index (χ0) is 10.0. The molecule has 0 N–H and O–H groups in total. The highest BCUT2D eigenvalue weighted by atomic mass is 79.9. The van der Waals surface area contributed by atoms with E-state index in [1.54, 1.807) is 6.07 Å². The molecular formula is C8H7Br2F2N. The first-order valence-electron chi connectivity index (χ1n) is 3.56. The maximum absolute atomic E-state index is 12.4. The predicted octanol–water partition coefficient (Wildman–Crippen LogP) is 3.99. The topological polar surface area (TPSA) is 12.9 Å². The highest BCUT2D eigenvalue weighted by Gasteiger charge is 2.15. The lowest BCUT2D eigenvalue weighted by atomic mass is 10.2. The molecule has 0 saturated heterocycles. The molecule has 0 spiro atoms. The van der Waals surface area contributed by atoms with Crippen LogP contribution in [-0.2, 0) is 5.33 Å². The Morgan fingerprint density at radius 3 is 2.62 bits per heavy atom. The molecule has 72 valence electrons. The highest BCUT2D eigenvalue weighted by molar-refractivity contribution is 9.10. The quantitative estimate of drug-likeness (QED) is 0.594. The van der Waals surface area contributed by atoms with Crippen molar-refractivity contribution >= 4 is 31.9 Å². The Balaban J connectivity index is 3.25. The lowest BCUT2D eigenvalue weighted by Crippen LogP contribution is -1.98. The van der Waals surface area contributed by atoms with Crippen LogP contribution in [0.4, 0.5) is 8.78 Å². The molecule has 1 nitrogen and oxygen atoms in total. The largest absolute Gasteiger partial charge is 0.280 e. The minimum Gasteiger partial charge on any atom is -0.239 e. The molecule has 0 bridgehead atoms. The number of halogens is 4. The summed E-state index contributed by atoms with van der Waals surface area (Å²) in [6.07, 6.45) is -2.52. The third-order valence-electron chi connectivity index (χ3n) is 1.61. The van der Waals surface area contributed by atoms with Gasteiger partial charge in [-0.1, -0.05) is 22.0 Å². The first-order valence-corrected chi connectivity index (χ1v) is 5.47. The van der Waals surface area contributed by atoms with Crippen LogP contribution in [0.5, 0.6) is 0 Å². The maximum atomic E-state index is 12.4. The zero-order valence-corrected chi connectivity index (χ0v) is 9.99. The van der Waals surface area contributed by atoms with Gasteiger partial charge in [-0.2, -0.15) is 0 Å². The summed E-state index contributed by atoms with van der Waals surface area (Å²) < 4.78 is 25.3. The molecular weight excluding hydrogens is 308 g/mol. The van der Waals surface area contributed by atoms with Crippen LogP contribution in [0.1, 0.15) is 23.2 Å². The Hall–Kier alpha value is -0.0300. The van der Waals surface area contributed by atoms with Gasteiger partial charge in [-0.25, -0.2) is 13.8 Å². The van der Waals surface area contributed by atoms with Gasteiger partial charge in [0.1, 0.15) is 10.3 Å². The molecule has 0 fully saturated rings. The van der Waals surface area contributed by atoms with Crippen LogP contribution in [-0.4, -0.2) is 4.98 Å². The molecule has 0 saturated carbocycles. The minimum absolute atomic E-state index is 0.158. The van der Waals surface area contributed by atoms with Gasteiger partial charge < -0.3 is 0 Å². The molecule has 0 aliphatic carbocycles. The first-order chi connectivity index (χ1) is 6.06. The SMILES string of the molecule is Cc1cc(CBr)c(C(F)F)nc1Br. The van der Waals surface area contributed by atoms with E-state index in [1.165, 1.54) is 0 Å². The first kappa shape index (κ1) is 11.0. The zero-order valence-electron chi connectivity index (χ0n) is 6.82. The molecule has 0 atom stereocenters. The van der Waals surface area contributed by atoms with Crippen molar-refractivity contribution in [2.24, 2.45) is 0 Å². The van der Waals surface area contributed by atoms with Crippen LogP contribution >= 0.6 is 31.9 Å². The van der Waals surface area contributed by atoms with E-state index < -0.39 is 6.43 Å². The number of aromatic nitrogens is 1. The Morgan fingerprint density at radius 1 is 1.54 bits per heavy atom. The summed E-state index contributed by atoms with van der Waals surface area (Å²) in [5, 5.41) is 0.397. The summed E-state index contributed by atoms with van der Waals surface area (Å²) >= 11 is 6.26. The summed E-state index contributed by atoms with van der Waals surface area (Å²) in [4.78, 5) is 3.78. The number of rotatable bonds is 2. The summed E-state index contributed by atoms with van der Waals surface area (Å²) in [6.45, 7) is 1.82. The molecule has 1 rings (SSSR count). The molecule has 0 aliphatic rings. The van der Waals surface area contributed by atoms with Crippen molar-refractivity contribution in [3.63, 3.8) is 0 Å². The number of hydrogen-bond acceptors (Lipinski definition) is 1. The van der Waals surface area contributed by atoms with E-state index in [9.17, 15) is 8.78 Å². The minimum atomic E-state index is -2.52. The standard InChI is InChI=1S/C8H7Br2F2N/c1-4-2-5(3-9)6(8(11)12)13-7(4)10/h2,8H,3H2,1H3. The fourth-order valence-electron chi connectivity index (χ4n) is 0.957. The van der Waals surface area contributed by atoms with E-state index >= 15 is 0 Å². The normalized spacial score (nSPS) is 10.9. The fourth-order valence-corrected chi connectivity index (χ4v) is 1.71. The molecule has 0 aromatic carbocycles. The number of aryl methyl sites for hydroxylation is 1. The van der Waals surface area contributed by atoms with Crippen LogP contribution in [0.3, 0.4) is 0 Å². The average molecular weight is 315 g/mol. The van der Waals surface area contributed by atoms with Gasteiger partial charge in [-0.3, -0.25) is 0 Å². The lowest BCUT2D eigenvalue weighted by molar-refractivity contribution is 0.145. The van der Waals surface area contributed by atoms with Crippen molar-refractivity contribution in [3.05, 3.63) is 27.5 Å². The van der Waals surface area contributed by atoms with Crippen molar-refractivity contribution in [2.75, 3.05) is 0 Å². The monoisotopic (exact) mass is 313 g/mol. The van der Waals surface area contributed by atoms with E-state index in [0.29, 0.717) is 15.5 Å². The second-order valence-electron chi connectivity index (χ2n) is 2.57. The molecule has 0 unspecified atom stereocenters. The molecule has 13 heavy (non-hydrogen) atoms. The summed E-state index contributed by atoms with van der Waals surface area (Å²) in [5.74, 6) is 0. The number of pyridine rings is 1. The number of alkyl halides is 3. The van der Waals surface area contributed by atoms with Crippen LogP contribution in [0.2, 0.25) is 0 Å². The lowest BCUT2D eigenvalue weighted by Gasteiger charge is -2.07. The van der Waals surface area contributed by atoms with Gasteiger partial charge in [0.2, 0.25) is 0 Å². The van der Waals surface area contributed by atoms with Gasteiger partial charge >= 0.3 is 0 Å². The average Bonchev–Trinajstić information content (AvgIpc) is 2.08. The van der Waals surface area contributed by atoms with E-state index in [2.05, 4.69) is 36.8 Å². The second-order valence-corrected chi connectivity index (χ2v) is 3.89. The van der Waals surface area contributed by atoms with Gasteiger partial charge in [-0.15, -0.1) is 0 Å². The van der Waals surface area contributed by atoms with Crippen molar-refractivity contribution in [3.8, 4) is 0 Å². The predicted molar refractivity (Wildman–Crippen MR) is 54.3 cm³/mol. The molecule has 5 heteroatoms. The number of hydrogen-bond donors (Lipinski definition) is 0. The van der Waals surface area contributed by atoms with Crippen LogP contribution in [0, 0.1) is 6.92 Å². The van der Waals surface area contributed by atoms with Crippen molar-refractivity contribution in [2.45, 2.75) is 18.7 Å². The maximum Gasteiger partial charge on any atom is 0.280 e. The highest BCUT2D eigenvalue weighted by Crippen LogP contribution is 2.26. The van der Waals surface area contributed by atoms with Gasteiger partial charge in [-0.05, 0) is 34.0 Å². The van der Waals surface area contributed by atoms with Crippen molar-refractivity contribution in [1.82, 2.24) is 4.98 Å². The third-order valence-corrected chi connectivity index (χ3v) is 3.02. The van der Waals surface area contributed by atoms with Crippen LogP contribution in [0.25, 0.3) is 0 Å². The fraction of sp³-hybridized carbons (Fsp3) is 0.375. The summed E-state index contributed by atoms with van der Waals surface area (Å²) in [7, 11) is 0. The van der Waals surface area contributed by atoms with Gasteiger partial charge in [0.25, 0.3) is 6.43 Å².